The summed E-state index contributed by atoms with van der Waals surface area (Å²) in [5.41, 5.74) is 4.95. The third-order valence-corrected chi connectivity index (χ3v) is 4.03. The molecular formula is C18H16FN3O5. The molecule has 140 valence electrons. The highest BCUT2D eigenvalue weighted by Gasteiger charge is 2.28. The van der Waals surface area contributed by atoms with E-state index in [2.05, 4.69) is 4.98 Å². The Morgan fingerprint density at radius 1 is 1.33 bits per heavy atom. The monoisotopic (exact) mass is 373 g/mol. The van der Waals surface area contributed by atoms with Gasteiger partial charge in [-0.1, -0.05) is 12.1 Å². The standard InChI is InChI=1S/C18H16FN3O5/c1-3-26-18(25)12-9(2)27-16-13(12)17(24)22(8-21-16)14(15(20)23)10-4-6-11(19)7-5-10/h4-8,14H,3H2,1-2H3,(H2,20,23)/t14-/m0/s1. The molecule has 3 aromatic rings. The number of nitrogens with zero attached hydrogens (tertiary/aromatic N) is 2. The van der Waals surface area contributed by atoms with Crippen molar-refractivity contribution >= 4 is 23.0 Å². The van der Waals surface area contributed by atoms with E-state index in [-0.39, 0.29) is 29.0 Å². The van der Waals surface area contributed by atoms with Gasteiger partial charge in [-0.3, -0.25) is 14.2 Å². The Morgan fingerprint density at radius 2 is 2.00 bits per heavy atom. The summed E-state index contributed by atoms with van der Waals surface area (Å²) in [4.78, 5) is 41.3. The average molecular weight is 373 g/mol. The summed E-state index contributed by atoms with van der Waals surface area (Å²) in [7, 11) is 0. The maximum Gasteiger partial charge on any atom is 0.342 e. The Hall–Kier alpha value is -3.49. The number of nitrogens with two attached hydrogens (primary N) is 1. The number of hydrogen-bond donors (Lipinski definition) is 1. The van der Waals surface area contributed by atoms with Crippen LogP contribution in [0.25, 0.3) is 11.1 Å². The molecule has 8 nitrogen and oxygen atoms in total. The lowest BCUT2D eigenvalue weighted by Gasteiger charge is -2.16. The first-order chi connectivity index (χ1) is 12.8. The number of aryl methyl sites for hydroxylation is 1. The van der Waals surface area contributed by atoms with Gasteiger partial charge in [0.2, 0.25) is 11.6 Å². The maximum absolute atomic E-state index is 13.2. The summed E-state index contributed by atoms with van der Waals surface area (Å²) < 4.78 is 24.5. The van der Waals surface area contributed by atoms with Crippen LogP contribution in [0.4, 0.5) is 4.39 Å². The lowest BCUT2D eigenvalue weighted by atomic mass is 10.1. The summed E-state index contributed by atoms with van der Waals surface area (Å²) in [5, 5.41) is -0.109. The van der Waals surface area contributed by atoms with Gasteiger partial charge in [0.1, 0.15) is 34.9 Å². The fourth-order valence-electron chi connectivity index (χ4n) is 2.86. The van der Waals surface area contributed by atoms with Crippen LogP contribution in [0.15, 0.2) is 39.8 Å². The van der Waals surface area contributed by atoms with Gasteiger partial charge < -0.3 is 14.9 Å². The molecule has 0 aliphatic carbocycles. The molecule has 3 rings (SSSR count). The number of aromatic nitrogens is 2. The second kappa shape index (κ2) is 7.02. The van der Waals surface area contributed by atoms with E-state index in [0.29, 0.717) is 5.56 Å². The van der Waals surface area contributed by atoms with Gasteiger partial charge in [-0.25, -0.2) is 14.2 Å². The van der Waals surface area contributed by atoms with E-state index in [1.807, 2.05) is 0 Å². The van der Waals surface area contributed by atoms with Crippen LogP contribution in [0, 0.1) is 12.7 Å². The lowest BCUT2D eigenvalue weighted by Crippen LogP contribution is -2.35. The molecule has 0 aliphatic rings. The zero-order chi connectivity index (χ0) is 19.7. The first-order valence-electron chi connectivity index (χ1n) is 8.07. The van der Waals surface area contributed by atoms with E-state index in [9.17, 15) is 18.8 Å². The van der Waals surface area contributed by atoms with Crippen LogP contribution in [-0.4, -0.2) is 28.0 Å². The molecule has 0 saturated carbocycles. The number of furan rings is 1. The normalized spacial score (nSPS) is 12.1. The third kappa shape index (κ3) is 3.19. The molecule has 1 aromatic carbocycles. The minimum absolute atomic E-state index is 0.0546. The number of fused-ring (bicyclic) bond motifs is 1. The second-order valence-electron chi connectivity index (χ2n) is 5.75. The molecule has 1 atom stereocenters. The third-order valence-electron chi connectivity index (χ3n) is 4.03. The Morgan fingerprint density at radius 3 is 2.59 bits per heavy atom. The largest absolute Gasteiger partial charge is 0.462 e. The molecule has 0 radical (unpaired) electrons. The number of carbonyl (C=O) groups is 2. The molecule has 0 saturated heterocycles. The molecule has 0 spiro atoms. The molecule has 2 aromatic heterocycles. The lowest BCUT2D eigenvalue weighted by molar-refractivity contribution is -0.120. The Balaban J connectivity index is 2.25. The van der Waals surface area contributed by atoms with Gasteiger partial charge in [0, 0.05) is 0 Å². The number of hydrogen-bond acceptors (Lipinski definition) is 6. The number of halogens is 1. The van der Waals surface area contributed by atoms with Crippen molar-refractivity contribution in [3.05, 3.63) is 63.7 Å². The van der Waals surface area contributed by atoms with Crippen LogP contribution in [0.1, 0.15) is 34.6 Å². The van der Waals surface area contributed by atoms with E-state index >= 15 is 0 Å². The number of ether oxygens (including phenoxy) is 1. The van der Waals surface area contributed by atoms with Gasteiger partial charge in [0.05, 0.1) is 6.61 Å². The Kier molecular flexibility index (Phi) is 4.76. The average Bonchev–Trinajstić information content (AvgIpc) is 2.95. The minimum Gasteiger partial charge on any atom is -0.462 e. The van der Waals surface area contributed by atoms with Crippen LogP contribution < -0.4 is 11.3 Å². The van der Waals surface area contributed by atoms with Crippen molar-refractivity contribution in [3.8, 4) is 0 Å². The summed E-state index contributed by atoms with van der Waals surface area (Å²) >= 11 is 0. The smallest absolute Gasteiger partial charge is 0.342 e. The molecule has 0 unspecified atom stereocenters. The van der Waals surface area contributed by atoms with E-state index in [1.54, 1.807) is 6.92 Å². The summed E-state index contributed by atoms with van der Waals surface area (Å²) in [6, 6.07) is 3.74. The van der Waals surface area contributed by atoms with Crippen molar-refractivity contribution in [1.29, 1.82) is 0 Å². The highest BCUT2D eigenvalue weighted by Crippen LogP contribution is 2.24. The zero-order valence-electron chi connectivity index (χ0n) is 14.6. The quantitative estimate of drug-likeness (QED) is 0.680. The fraction of sp³-hybridized carbons (Fsp3) is 0.222. The van der Waals surface area contributed by atoms with Crippen molar-refractivity contribution in [2.24, 2.45) is 5.73 Å². The summed E-state index contributed by atoms with van der Waals surface area (Å²) in [6.45, 7) is 3.24. The first-order valence-corrected chi connectivity index (χ1v) is 8.07. The van der Waals surface area contributed by atoms with Crippen molar-refractivity contribution in [3.63, 3.8) is 0 Å². The van der Waals surface area contributed by atoms with Crippen molar-refractivity contribution < 1.29 is 23.1 Å². The van der Waals surface area contributed by atoms with Gasteiger partial charge in [0.25, 0.3) is 5.56 Å². The van der Waals surface area contributed by atoms with Crippen molar-refractivity contribution in [2.45, 2.75) is 19.9 Å². The van der Waals surface area contributed by atoms with E-state index in [0.717, 1.165) is 23.0 Å². The molecule has 2 heterocycles. The molecule has 0 aliphatic heterocycles. The van der Waals surface area contributed by atoms with Gasteiger partial charge in [0.15, 0.2) is 0 Å². The number of primary amides is 1. The van der Waals surface area contributed by atoms with E-state index < -0.39 is 29.3 Å². The number of rotatable bonds is 5. The van der Waals surface area contributed by atoms with Crippen LogP contribution in [0.3, 0.4) is 0 Å². The molecule has 0 fully saturated rings. The van der Waals surface area contributed by atoms with Crippen LogP contribution >= 0.6 is 0 Å². The first kappa shape index (κ1) is 18.3. The van der Waals surface area contributed by atoms with Gasteiger partial charge >= 0.3 is 5.97 Å². The molecule has 1 amide bonds. The number of esters is 1. The predicted octanol–water partition coefficient (Wildman–Crippen LogP) is 1.69. The Labute approximate surface area is 152 Å². The summed E-state index contributed by atoms with van der Waals surface area (Å²) in [6.07, 6.45) is 1.10. The number of benzene rings is 1. The predicted molar refractivity (Wildman–Crippen MR) is 92.7 cm³/mol. The van der Waals surface area contributed by atoms with Gasteiger partial charge in [-0.05, 0) is 31.5 Å². The van der Waals surface area contributed by atoms with Crippen molar-refractivity contribution in [1.82, 2.24) is 9.55 Å². The molecule has 27 heavy (non-hydrogen) atoms. The highest BCUT2D eigenvalue weighted by atomic mass is 19.1. The van der Waals surface area contributed by atoms with Gasteiger partial charge in [-0.2, -0.15) is 0 Å². The zero-order valence-corrected chi connectivity index (χ0v) is 14.6. The van der Waals surface area contributed by atoms with Gasteiger partial charge in [-0.15, -0.1) is 0 Å². The minimum atomic E-state index is -1.24. The number of carbonyl (C=O) groups excluding carboxylic acids is 2. The maximum atomic E-state index is 13.2. The highest BCUT2D eigenvalue weighted by molar-refractivity contribution is 6.03. The molecular weight excluding hydrogens is 357 g/mol. The van der Waals surface area contributed by atoms with Crippen molar-refractivity contribution in [2.75, 3.05) is 6.61 Å². The second-order valence-corrected chi connectivity index (χ2v) is 5.75. The fourth-order valence-corrected chi connectivity index (χ4v) is 2.86. The SMILES string of the molecule is CCOC(=O)c1c(C)oc2ncn([C@H](C(N)=O)c3ccc(F)cc3)c(=O)c12. The number of amides is 1. The van der Waals surface area contributed by atoms with Crippen LogP contribution in [-0.2, 0) is 9.53 Å². The molecule has 0 bridgehead atoms. The Bertz CT molecular complexity index is 1080. The van der Waals surface area contributed by atoms with Crippen LogP contribution in [0.2, 0.25) is 0 Å². The molecule has 2 N–H and O–H groups in total. The van der Waals surface area contributed by atoms with E-state index in [1.165, 1.54) is 19.1 Å². The van der Waals surface area contributed by atoms with E-state index in [4.69, 9.17) is 14.9 Å². The topological polar surface area (TPSA) is 117 Å². The van der Waals surface area contributed by atoms with Crippen LogP contribution in [0.5, 0.6) is 0 Å². The molecule has 9 heteroatoms. The summed E-state index contributed by atoms with van der Waals surface area (Å²) in [5.74, 6) is -1.91.